The molecule has 0 unspecified atom stereocenters. The van der Waals surface area contributed by atoms with E-state index in [-0.39, 0.29) is 5.91 Å². The highest BCUT2D eigenvalue weighted by atomic mass is 16.5. The summed E-state index contributed by atoms with van der Waals surface area (Å²) >= 11 is 0. The first-order valence-electron chi connectivity index (χ1n) is 7.60. The van der Waals surface area contributed by atoms with Gasteiger partial charge in [-0.2, -0.15) is 0 Å². The third kappa shape index (κ3) is 3.20. The Kier molecular flexibility index (Phi) is 4.53. The summed E-state index contributed by atoms with van der Waals surface area (Å²) in [4.78, 5) is 18.5. The Morgan fingerprint density at radius 3 is 2.86 bits per heavy atom. The molecule has 0 atom stereocenters. The minimum Gasteiger partial charge on any atom is -0.383 e. The minimum atomic E-state index is 0.204. The zero-order chi connectivity index (χ0) is 15.4. The number of aromatic nitrogens is 2. The number of carbonyl (C=O) groups excluding carboxylic acids is 1. The van der Waals surface area contributed by atoms with Gasteiger partial charge in [0, 0.05) is 32.8 Å². The van der Waals surface area contributed by atoms with Gasteiger partial charge in [-0.25, -0.2) is 4.98 Å². The average Bonchev–Trinajstić information content (AvgIpc) is 2.91. The summed E-state index contributed by atoms with van der Waals surface area (Å²) in [5, 5.41) is 0. The molecule has 0 aliphatic carbocycles. The third-order valence-corrected chi connectivity index (χ3v) is 4.13. The molecule has 2 heterocycles. The van der Waals surface area contributed by atoms with E-state index in [1.54, 1.807) is 13.4 Å². The zero-order valence-electron chi connectivity index (χ0n) is 12.9. The maximum atomic E-state index is 12.4. The van der Waals surface area contributed by atoms with Gasteiger partial charge in [0.1, 0.15) is 0 Å². The average molecular weight is 299 g/mol. The van der Waals surface area contributed by atoms with E-state index in [2.05, 4.69) is 17.1 Å². The van der Waals surface area contributed by atoms with Crippen molar-refractivity contribution in [3.05, 3.63) is 53.6 Å². The summed E-state index contributed by atoms with van der Waals surface area (Å²) in [6.45, 7) is 2.66. The Bertz CT molecular complexity index is 651. The Hall–Kier alpha value is -2.14. The largest absolute Gasteiger partial charge is 0.383 e. The summed E-state index contributed by atoms with van der Waals surface area (Å²) in [5.74, 6) is 0.204. The topological polar surface area (TPSA) is 47.4 Å². The molecule has 0 N–H and O–H groups in total. The second kappa shape index (κ2) is 6.75. The lowest BCUT2D eigenvalue weighted by Crippen LogP contribution is -2.29. The van der Waals surface area contributed by atoms with E-state index in [0.717, 1.165) is 18.7 Å². The van der Waals surface area contributed by atoms with Gasteiger partial charge in [-0.1, -0.05) is 24.3 Å². The molecule has 0 saturated heterocycles. The molecule has 5 nitrogen and oxygen atoms in total. The van der Waals surface area contributed by atoms with Crippen LogP contribution in [-0.2, 0) is 35.6 Å². The molecule has 5 heteroatoms. The molecule has 1 amide bonds. The Labute approximate surface area is 130 Å². The second-order valence-electron chi connectivity index (χ2n) is 5.59. The standard InChI is InChI=1S/C17H21N3O2/c1-22-9-8-19-13-18-10-16(19)12-20-11-15-5-3-2-4-14(15)6-7-17(20)21/h2-5,10,13H,6-9,11-12H2,1H3. The molecule has 0 bridgehead atoms. The van der Waals surface area contributed by atoms with E-state index in [9.17, 15) is 4.79 Å². The maximum absolute atomic E-state index is 12.4. The lowest BCUT2D eigenvalue weighted by atomic mass is 10.0. The molecule has 1 aromatic carbocycles. The smallest absolute Gasteiger partial charge is 0.223 e. The Morgan fingerprint density at radius 1 is 1.23 bits per heavy atom. The second-order valence-corrected chi connectivity index (χ2v) is 5.59. The van der Waals surface area contributed by atoms with Crippen molar-refractivity contribution in [2.45, 2.75) is 32.5 Å². The summed E-state index contributed by atoms with van der Waals surface area (Å²) in [7, 11) is 1.69. The van der Waals surface area contributed by atoms with E-state index in [1.165, 1.54) is 11.1 Å². The molecule has 1 aliphatic rings. The van der Waals surface area contributed by atoms with Crippen molar-refractivity contribution in [1.29, 1.82) is 0 Å². The number of hydrogen-bond donors (Lipinski definition) is 0. The van der Waals surface area contributed by atoms with Crippen LogP contribution in [0.25, 0.3) is 0 Å². The molecule has 1 aromatic heterocycles. The lowest BCUT2D eigenvalue weighted by molar-refractivity contribution is -0.132. The molecule has 22 heavy (non-hydrogen) atoms. The maximum Gasteiger partial charge on any atom is 0.223 e. The SMILES string of the molecule is COCCn1cncc1CN1Cc2ccccc2CCC1=O. The van der Waals surface area contributed by atoms with Gasteiger partial charge in [0.05, 0.1) is 25.2 Å². The third-order valence-electron chi connectivity index (χ3n) is 4.13. The fourth-order valence-electron chi connectivity index (χ4n) is 2.86. The summed E-state index contributed by atoms with van der Waals surface area (Å²) in [5.41, 5.74) is 3.58. The molecule has 0 radical (unpaired) electrons. The molecule has 0 saturated carbocycles. The first-order chi connectivity index (χ1) is 10.8. The number of imidazole rings is 1. The van der Waals surface area contributed by atoms with Gasteiger partial charge in [0.15, 0.2) is 0 Å². The summed E-state index contributed by atoms with van der Waals surface area (Å²) in [6.07, 6.45) is 5.03. The molecule has 0 fully saturated rings. The van der Waals surface area contributed by atoms with Gasteiger partial charge in [-0.3, -0.25) is 4.79 Å². The Balaban J connectivity index is 1.77. The van der Waals surface area contributed by atoms with Gasteiger partial charge in [0.2, 0.25) is 5.91 Å². The quantitative estimate of drug-likeness (QED) is 0.848. The number of rotatable bonds is 5. The van der Waals surface area contributed by atoms with Crippen molar-refractivity contribution in [2.75, 3.05) is 13.7 Å². The molecule has 1 aliphatic heterocycles. The van der Waals surface area contributed by atoms with Crippen molar-refractivity contribution in [3.8, 4) is 0 Å². The van der Waals surface area contributed by atoms with Crippen molar-refractivity contribution in [1.82, 2.24) is 14.5 Å². The van der Waals surface area contributed by atoms with E-state index in [1.807, 2.05) is 27.8 Å². The number of carbonyl (C=O) groups is 1. The zero-order valence-corrected chi connectivity index (χ0v) is 12.9. The van der Waals surface area contributed by atoms with E-state index in [0.29, 0.717) is 26.1 Å². The van der Waals surface area contributed by atoms with Gasteiger partial charge in [-0.05, 0) is 17.5 Å². The van der Waals surface area contributed by atoms with Crippen LogP contribution in [-0.4, -0.2) is 34.1 Å². The molecular formula is C17H21N3O2. The van der Waals surface area contributed by atoms with Crippen molar-refractivity contribution in [2.24, 2.45) is 0 Å². The first kappa shape index (κ1) is 14.8. The van der Waals surface area contributed by atoms with Crippen molar-refractivity contribution < 1.29 is 9.53 Å². The lowest BCUT2D eigenvalue weighted by Gasteiger charge is -2.21. The minimum absolute atomic E-state index is 0.204. The number of hydrogen-bond acceptors (Lipinski definition) is 3. The highest BCUT2D eigenvalue weighted by molar-refractivity contribution is 5.77. The van der Waals surface area contributed by atoms with Gasteiger partial charge >= 0.3 is 0 Å². The van der Waals surface area contributed by atoms with Crippen LogP contribution in [0.15, 0.2) is 36.8 Å². The number of fused-ring (bicyclic) bond motifs is 1. The Morgan fingerprint density at radius 2 is 2.05 bits per heavy atom. The molecule has 3 rings (SSSR count). The summed E-state index contributed by atoms with van der Waals surface area (Å²) in [6, 6.07) is 8.31. The van der Waals surface area contributed by atoms with E-state index in [4.69, 9.17) is 4.74 Å². The van der Waals surface area contributed by atoms with Gasteiger partial charge in [0.25, 0.3) is 0 Å². The fourth-order valence-corrected chi connectivity index (χ4v) is 2.86. The monoisotopic (exact) mass is 299 g/mol. The van der Waals surface area contributed by atoms with Crippen LogP contribution in [0.3, 0.4) is 0 Å². The van der Waals surface area contributed by atoms with E-state index >= 15 is 0 Å². The molecular weight excluding hydrogens is 278 g/mol. The van der Waals surface area contributed by atoms with Crippen LogP contribution < -0.4 is 0 Å². The van der Waals surface area contributed by atoms with Crippen LogP contribution in [0.1, 0.15) is 23.2 Å². The van der Waals surface area contributed by atoms with Gasteiger partial charge in [-0.15, -0.1) is 0 Å². The number of nitrogens with zero attached hydrogens (tertiary/aromatic N) is 3. The number of methoxy groups -OCH3 is 1. The highest BCUT2D eigenvalue weighted by Gasteiger charge is 2.21. The highest BCUT2D eigenvalue weighted by Crippen LogP contribution is 2.20. The molecule has 116 valence electrons. The van der Waals surface area contributed by atoms with Gasteiger partial charge < -0.3 is 14.2 Å². The molecule has 2 aromatic rings. The van der Waals surface area contributed by atoms with Crippen LogP contribution in [0.4, 0.5) is 0 Å². The number of amides is 1. The fraction of sp³-hybridized carbons (Fsp3) is 0.412. The normalized spacial score (nSPS) is 14.8. The predicted octanol–water partition coefficient (Wildman–Crippen LogP) is 2.00. The van der Waals surface area contributed by atoms with Crippen LogP contribution >= 0.6 is 0 Å². The van der Waals surface area contributed by atoms with Crippen molar-refractivity contribution >= 4 is 5.91 Å². The predicted molar refractivity (Wildman–Crippen MR) is 83.1 cm³/mol. The van der Waals surface area contributed by atoms with E-state index < -0.39 is 0 Å². The number of benzene rings is 1. The van der Waals surface area contributed by atoms with Crippen molar-refractivity contribution in [3.63, 3.8) is 0 Å². The summed E-state index contributed by atoms with van der Waals surface area (Å²) < 4.78 is 7.17. The van der Waals surface area contributed by atoms with Crippen LogP contribution in [0.5, 0.6) is 0 Å². The molecule has 0 spiro atoms. The first-order valence-corrected chi connectivity index (χ1v) is 7.60. The van der Waals surface area contributed by atoms with Crippen LogP contribution in [0, 0.1) is 0 Å². The van der Waals surface area contributed by atoms with Crippen LogP contribution in [0.2, 0.25) is 0 Å². The number of ether oxygens (including phenoxy) is 1. The number of aryl methyl sites for hydroxylation is 1.